The number of nitrogens with zero attached hydrogens (tertiary/aromatic N) is 1. The van der Waals surface area contributed by atoms with Gasteiger partial charge in [0, 0.05) is 23.7 Å². The third kappa shape index (κ3) is 4.04. The van der Waals surface area contributed by atoms with E-state index in [1.54, 1.807) is 0 Å². The van der Waals surface area contributed by atoms with Gasteiger partial charge in [-0.25, -0.2) is 4.98 Å². The first kappa shape index (κ1) is 14.0. The zero-order valence-electron chi connectivity index (χ0n) is 11.3. The Labute approximate surface area is 114 Å². The Morgan fingerprint density at radius 3 is 3.00 bits per heavy atom. The van der Waals surface area contributed by atoms with Crippen LogP contribution >= 0.6 is 11.3 Å². The van der Waals surface area contributed by atoms with Crippen LogP contribution in [0.4, 0.5) is 0 Å². The van der Waals surface area contributed by atoms with Gasteiger partial charge in [0.15, 0.2) is 0 Å². The van der Waals surface area contributed by atoms with Crippen LogP contribution in [0.3, 0.4) is 0 Å². The highest BCUT2D eigenvalue weighted by molar-refractivity contribution is 7.11. The summed E-state index contributed by atoms with van der Waals surface area (Å²) in [5.74, 6) is 0.651. The van der Waals surface area contributed by atoms with Gasteiger partial charge in [0.05, 0.1) is 0 Å². The lowest BCUT2D eigenvalue weighted by atomic mass is 9.95. The molecule has 0 aromatic carbocycles. The molecule has 0 radical (unpaired) electrons. The number of hydrogen-bond acceptors (Lipinski definition) is 4. The van der Waals surface area contributed by atoms with Crippen molar-refractivity contribution in [3.8, 4) is 0 Å². The molecule has 1 aliphatic carbocycles. The Morgan fingerprint density at radius 2 is 2.22 bits per heavy atom. The Balaban J connectivity index is 1.73. The van der Waals surface area contributed by atoms with Crippen LogP contribution in [-0.2, 0) is 13.0 Å². The minimum absolute atomic E-state index is 0.391. The largest absolute Gasteiger partial charge is 0.327 e. The summed E-state index contributed by atoms with van der Waals surface area (Å²) in [5, 5.41) is 4.74. The predicted molar refractivity (Wildman–Crippen MR) is 77.7 cm³/mol. The molecule has 1 aromatic rings. The van der Waals surface area contributed by atoms with E-state index in [4.69, 9.17) is 5.73 Å². The van der Waals surface area contributed by atoms with Crippen molar-refractivity contribution in [1.82, 2.24) is 10.3 Å². The summed E-state index contributed by atoms with van der Waals surface area (Å²) in [4.78, 5) is 5.81. The lowest BCUT2D eigenvalue weighted by Gasteiger charge is -2.21. The van der Waals surface area contributed by atoms with Gasteiger partial charge < -0.3 is 11.1 Å². The molecule has 1 fully saturated rings. The van der Waals surface area contributed by atoms with E-state index in [9.17, 15) is 0 Å². The molecule has 102 valence electrons. The summed E-state index contributed by atoms with van der Waals surface area (Å²) >= 11 is 1.82. The molecule has 2 unspecified atom stereocenters. The highest BCUT2D eigenvalue weighted by Gasteiger charge is 2.19. The number of rotatable bonds is 5. The first-order valence-electron chi connectivity index (χ1n) is 7.19. The maximum atomic E-state index is 6.23. The molecule has 0 saturated heterocycles. The van der Waals surface area contributed by atoms with Crippen LogP contribution in [0.15, 0.2) is 6.20 Å². The number of hydrogen-bond donors (Lipinski definition) is 2. The van der Waals surface area contributed by atoms with Crippen LogP contribution < -0.4 is 11.1 Å². The smallest absolute Gasteiger partial charge is 0.107 e. The Kier molecular flexibility index (Phi) is 5.60. The monoisotopic (exact) mass is 267 g/mol. The van der Waals surface area contributed by atoms with E-state index >= 15 is 0 Å². The van der Waals surface area contributed by atoms with Crippen molar-refractivity contribution < 1.29 is 0 Å². The molecule has 0 aliphatic heterocycles. The number of thiazole rings is 1. The van der Waals surface area contributed by atoms with E-state index in [1.165, 1.54) is 42.0 Å². The molecule has 2 atom stereocenters. The molecule has 1 saturated carbocycles. The van der Waals surface area contributed by atoms with E-state index in [-0.39, 0.29) is 0 Å². The summed E-state index contributed by atoms with van der Waals surface area (Å²) in [6.07, 6.45) is 9.58. The molecule has 1 aromatic heterocycles. The molecule has 0 amide bonds. The number of aryl methyl sites for hydroxylation is 1. The zero-order chi connectivity index (χ0) is 12.8. The zero-order valence-corrected chi connectivity index (χ0v) is 12.1. The quantitative estimate of drug-likeness (QED) is 0.807. The van der Waals surface area contributed by atoms with Crippen LogP contribution in [0.25, 0.3) is 0 Å². The van der Waals surface area contributed by atoms with Crippen molar-refractivity contribution in [2.75, 3.05) is 6.54 Å². The highest BCUT2D eigenvalue weighted by Crippen LogP contribution is 2.21. The average Bonchev–Trinajstić information content (AvgIpc) is 2.74. The second kappa shape index (κ2) is 7.22. The molecule has 1 heterocycles. The second-order valence-corrected chi connectivity index (χ2v) is 6.47. The molecule has 18 heavy (non-hydrogen) atoms. The fourth-order valence-electron chi connectivity index (χ4n) is 2.62. The van der Waals surface area contributed by atoms with Gasteiger partial charge in [-0.05, 0) is 31.7 Å². The van der Waals surface area contributed by atoms with Gasteiger partial charge in [0.25, 0.3) is 0 Å². The van der Waals surface area contributed by atoms with Gasteiger partial charge in [0.1, 0.15) is 5.01 Å². The highest BCUT2D eigenvalue weighted by atomic mass is 32.1. The normalized spacial score (nSPS) is 25.0. The van der Waals surface area contributed by atoms with Gasteiger partial charge in [-0.1, -0.05) is 26.2 Å². The average molecular weight is 267 g/mol. The lowest BCUT2D eigenvalue weighted by molar-refractivity contribution is 0.374. The second-order valence-electron chi connectivity index (χ2n) is 5.27. The van der Waals surface area contributed by atoms with E-state index < -0.39 is 0 Å². The van der Waals surface area contributed by atoms with E-state index in [2.05, 4.69) is 17.2 Å². The van der Waals surface area contributed by atoms with Crippen LogP contribution in [0.2, 0.25) is 0 Å². The van der Waals surface area contributed by atoms with Crippen molar-refractivity contribution >= 4 is 11.3 Å². The minimum atomic E-state index is 0.391. The minimum Gasteiger partial charge on any atom is -0.327 e. The number of nitrogens with one attached hydrogen (secondary N) is 1. The molecule has 2 rings (SSSR count). The van der Waals surface area contributed by atoms with Crippen molar-refractivity contribution in [3.63, 3.8) is 0 Å². The van der Waals surface area contributed by atoms with Crippen molar-refractivity contribution in [3.05, 3.63) is 16.1 Å². The van der Waals surface area contributed by atoms with Crippen LogP contribution in [0.1, 0.15) is 48.9 Å². The summed E-state index contributed by atoms with van der Waals surface area (Å²) in [7, 11) is 0. The molecule has 4 heteroatoms. The standard InChI is InChI=1S/C14H25N3S/c1-2-12-9-17-14(18-12)10-16-8-11-6-4-3-5-7-13(11)15/h9,11,13,16H,2-8,10,15H2,1H3. The maximum Gasteiger partial charge on any atom is 0.107 e. The molecule has 1 aliphatic rings. The summed E-state index contributed by atoms with van der Waals surface area (Å²) < 4.78 is 0. The maximum absolute atomic E-state index is 6.23. The molecule has 0 spiro atoms. The fourth-order valence-corrected chi connectivity index (χ4v) is 3.46. The Morgan fingerprint density at radius 1 is 1.39 bits per heavy atom. The molecule has 0 bridgehead atoms. The molecule has 3 nitrogen and oxygen atoms in total. The summed E-state index contributed by atoms with van der Waals surface area (Å²) in [6.45, 7) is 4.12. The predicted octanol–water partition coefficient (Wildman–Crippen LogP) is 2.70. The van der Waals surface area contributed by atoms with E-state index in [1.807, 2.05) is 17.5 Å². The third-order valence-corrected chi connectivity index (χ3v) is 4.99. The number of nitrogens with two attached hydrogens (primary N) is 1. The topological polar surface area (TPSA) is 50.9 Å². The first-order valence-corrected chi connectivity index (χ1v) is 8.01. The Bertz CT molecular complexity index is 351. The first-order chi connectivity index (χ1) is 8.79. The van der Waals surface area contributed by atoms with Crippen molar-refractivity contribution in [1.29, 1.82) is 0 Å². The van der Waals surface area contributed by atoms with Crippen molar-refractivity contribution in [2.45, 2.75) is 58.0 Å². The van der Waals surface area contributed by atoms with Crippen LogP contribution in [0, 0.1) is 5.92 Å². The van der Waals surface area contributed by atoms with E-state index in [0.29, 0.717) is 12.0 Å². The lowest BCUT2D eigenvalue weighted by Crippen LogP contribution is -2.36. The SMILES string of the molecule is CCc1cnc(CNCC2CCCCCC2N)s1. The third-order valence-electron chi connectivity index (χ3n) is 3.85. The summed E-state index contributed by atoms with van der Waals surface area (Å²) in [5.41, 5.74) is 6.23. The Hall–Kier alpha value is -0.450. The van der Waals surface area contributed by atoms with Crippen LogP contribution in [0.5, 0.6) is 0 Å². The van der Waals surface area contributed by atoms with Gasteiger partial charge in [-0.3, -0.25) is 0 Å². The van der Waals surface area contributed by atoms with Gasteiger partial charge in [-0.2, -0.15) is 0 Å². The van der Waals surface area contributed by atoms with Crippen LogP contribution in [-0.4, -0.2) is 17.6 Å². The van der Waals surface area contributed by atoms with Crippen molar-refractivity contribution in [2.24, 2.45) is 11.7 Å². The number of aromatic nitrogens is 1. The molecule has 3 N–H and O–H groups in total. The molecular weight excluding hydrogens is 242 g/mol. The van der Waals surface area contributed by atoms with Gasteiger partial charge in [0.2, 0.25) is 0 Å². The molecular formula is C14H25N3S. The summed E-state index contributed by atoms with van der Waals surface area (Å²) in [6, 6.07) is 0.391. The van der Waals surface area contributed by atoms with Gasteiger partial charge >= 0.3 is 0 Å². The van der Waals surface area contributed by atoms with E-state index in [0.717, 1.165) is 19.5 Å². The fraction of sp³-hybridized carbons (Fsp3) is 0.786. The van der Waals surface area contributed by atoms with Gasteiger partial charge in [-0.15, -0.1) is 11.3 Å².